The van der Waals surface area contributed by atoms with Crippen molar-refractivity contribution in [2.75, 3.05) is 12.4 Å². The van der Waals surface area contributed by atoms with Crippen LogP contribution in [-0.4, -0.2) is 24.8 Å². The van der Waals surface area contributed by atoms with Crippen LogP contribution in [0.4, 0.5) is 5.69 Å². The summed E-state index contributed by atoms with van der Waals surface area (Å²) in [6.45, 7) is 0.219. The number of hydrogen-bond acceptors (Lipinski definition) is 5. The predicted octanol–water partition coefficient (Wildman–Crippen LogP) is 6.54. The van der Waals surface area contributed by atoms with E-state index >= 15 is 0 Å². The molecule has 0 unspecified atom stereocenters. The first-order chi connectivity index (χ1) is 23.4. The van der Waals surface area contributed by atoms with Crippen LogP contribution in [0.1, 0.15) is 58.3 Å². The smallest absolute Gasteiger partial charge is 0.306 e. The molecular weight excluding hydrogens is 620 g/mol. The van der Waals surface area contributed by atoms with E-state index in [0.717, 1.165) is 42.2 Å². The van der Waals surface area contributed by atoms with Crippen molar-refractivity contribution in [3.8, 4) is 0 Å². The fourth-order valence-corrected chi connectivity index (χ4v) is 6.67. The van der Waals surface area contributed by atoms with E-state index in [0.29, 0.717) is 16.1 Å². The second kappa shape index (κ2) is 15.1. The van der Waals surface area contributed by atoms with Crippen LogP contribution in [0.3, 0.4) is 0 Å². The van der Waals surface area contributed by atoms with Gasteiger partial charge >= 0.3 is 5.97 Å². The quantitative estimate of drug-likeness (QED) is 0.174. The lowest BCUT2D eigenvalue weighted by Crippen LogP contribution is -2.26. The first kappa shape index (κ1) is 32.7. The molecule has 0 fully saturated rings. The number of allylic oxidation sites excluding steroid dienone is 2. The van der Waals surface area contributed by atoms with Gasteiger partial charge in [-0.1, -0.05) is 96.6 Å². The molecule has 48 heavy (non-hydrogen) atoms. The van der Waals surface area contributed by atoms with Gasteiger partial charge in [-0.05, 0) is 87.0 Å². The molecule has 1 amide bonds. The fourth-order valence-electron chi connectivity index (χ4n) is 6.42. The van der Waals surface area contributed by atoms with Gasteiger partial charge in [-0.25, -0.2) is 0 Å². The molecule has 4 aromatic rings. The maximum absolute atomic E-state index is 13.6. The van der Waals surface area contributed by atoms with Crippen molar-refractivity contribution >= 4 is 52.7 Å². The van der Waals surface area contributed by atoms with Gasteiger partial charge in [0, 0.05) is 41.0 Å². The highest BCUT2D eigenvalue weighted by atomic mass is 35.5. The van der Waals surface area contributed by atoms with E-state index in [-0.39, 0.29) is 31.1 Å². The Morgan fingerprint density at radius 3 is 2.52 bits per heavy atom. The minimum Gasteiger partial charge on any atom is -0.469 e. The summed E-state index contributed by atoms with van der Waals surface area (Å²) < 4.78 is 4.56. The number of fused-ring (bicyclic) bond motifs is 5. The number of ketones is 1. The van der Waals surface area contributed by atoms with Gasteiger partial charge in [-0.2, -0.15) is 0 Å². The summed E-state index contributed by atoms with van der Waals surface area (Å²) in [7, 11) is 1.29. The zero-order valence-electron chi connectivity index (χ0n) is 26.9. The Kier molecular flexibility index (Phi) is 10.3. The highest BCUT2D eigenvalue weighted by Crippen LogP contribution is 2.26. The van der Waals surface area contributed by atoms with Crippen molar-refractivity contribution in [3.63, 3.8) is 0 Å². The molecule has 1 aliphatic heterocycles. The van der Waals surface area contributed by atoms with E-state index in [1.807, 2.05) is 30.5 Å². The van der Waals surface area contributed by atoms with E-state index < -0.39 is 5.97 Å². The van der Waals surface area contributed by atoms with Crippen LogP contribution in [-0.2, 0) is 33.7 Å². The third-order valence-electron chi connectivity index (χ3n) is 8.92. The summed E-state index contributed by atoms with van der Waals surface area (Å²) >= 11 is 6.50. The SMILES string of the molecule is C1=CNc2ccccc2C=C1.COC(=O)CCC(=O)NCc1ccc(C(=O)C2=c3ccc4c(c3CCC2)CC=c2ccccc2=4)cc1Cl. The number of rotatable bonds is 7. The number of ether oxygens (including phenoxy) is 1. The zero-order chi connectivity index (χ0) is 33.5. The highest BCUT2D eigenvalue weighted by molar-refractivity contribution is 6.32. The number of benzene rings is 4. The Morgan fingerprint density at radius 2 is 1.67 bits per heavy atom. The summed E-state index contributed by atoms with van der Waals surface area (Å²) in [5.41, 5.74) is 7.11. The van der Waals surface area contributed by atoms with Gasteiger partial charge in [0.15, 0.2) is 5.78 Å². The van der Waals surface area contributed by atoms with Crippen LogP contribution in [0.5, 0.6) is 0 Å². The number of Topliss-reactive ketones (excluding diaryl/α,β-unsaturated/α-hetero) is 1. The van der Waals surface area contributed by atoms with Gasteiger partial charge in [0.2, 0.25) is 5.91 Å². The molecule has 0 bridgehead atoms. The second-order valence-electron chi connectivity index (χ2n) is 11.9. The zero-order valence-corrected chi connectivity index (χ0v) is 27.6. The molecule has 4 aromatic carbocycles. The molecule has 6 nitrogen and oxygen atoms in total. The Balaban J connectivity index is 0.000000307. The van der Waals surface area contributed by atoms with Crippen molar-refractivity contribution in [1.82, 2.24) is 5.32 Å². The standard InChI is InChI=1S/C31H28ClNO4.C10H9N/c1-37-30(35)16-15-29(34)33-18-21-10-9-20(17-28(21)32)31(36)27-8-4-7-23-25-12-11-19-5-2-3-6-22(19)24(25)13-14-26(23)27;1-2-7-10-9(5-1)6-3-4-8-11-10/h2-3,5-6,9-11,13-14,17H,4,7-8,12,15-16,18H2,1H3,(H,33,34);1-8,11H. The lowest BCUT2D eigenvalue weighted by Gasteiger charge is -2.20. The molecule has 7 rings (SSSR count). The molecule has 242 valence electrons. The molecule has 0 aromatic heterocycles. The molecule has 0 saturated heterocycles. The topological polar surface area (TPSA) is 84.5 Å². The summed E-state index contributed by atoms with van der Waals surface area (Å²) in [4.78, 5) is 36.8. The average molecular weight is 657 g/mol. The van der Waals surface area contributed by atoms with Gasteiger partial charge in [0.1, 0.15) is 0 Å². The Labute approximate surface area is 284 Å². The number of para-hydroxylation sites is 1. The highest BCUT2D eigenvalue weighted by Gasteiger charge is 2.21. The van der Waals surface area contributed by atoms with Crippen LogP contribution in [0.15, 0.2) is 97.2 Å². The van der Waals surface area contributed by atoms with E-state index in [1.165, 1.54) is 39.5 Å². The van der Waals surface area contributed by atoms with E-state index in [1.54, 1.807) is 18.2 Å². The molecular formula is C41H37ClN2O4. The third kappa shape index (κ3) is 7.35. The minimum absolute atomic E-state index is 0.00310. The monoisotopic (exact) mass is 656 g/mol. The first-order valence-corrected chi connectivity index (χ1v) is 16.6. The van der Waals surface area contributed by atoms with Gasteiger partial charge in [-0.15, -0.1) is 0 Å². The fraction of sp³-hybridized carbons (Fsp3) is 0.195. The summed E-state index contributed by atoms with van der Waals surface area (Å²) in [6.07, 6.45) is 13.9. The predicted molar refractivity (Wildman–Crippen MR) is 191 cm³/mol. The molecule has 0 atom stereocenters. The van der Waals surface area contributed by atoms with E-state index in [4.69, 9.17) is 11.6 Å². The number of nitrogens with one attached hydrogen (secondary N) is 2. The Hall–Kier alpha value is -5.20. The van der Waals surface area contributed by atoms with Crippen molar-refractivity contribution < 1.29 is 19.1 Å². The number of carbonyl (C=O) groups is 3. The number of hydrogen-bond donors (Lipinski definition) is 2. The molecule has 0 spiro atoms. The number of carbonyl (C=O) groups excluding carboxylic acids is 3. The summed E-state index contributed by atoms with van der Waals surface area (Å²) in [5, 5.41) is 11.2. The number of esters is 1. The number of amides is 1. The summed E-state index contributed by atoms with van der Waals surface area (Å²) in [6, 6.07) is 26.2. The molecule has 2 aliphatic carbocycles. The van der Waals surface area contributed by atoms with Crippen LogP contribution < -0.4 is 21.1 Å². The van der Waals surface area contributed by atoms with E-state index in [9.17, 15) is 14.4 Å². The Bertz CT molecular complexity index is 2180. The second-order valence-corrected chi connectivity index (χ2v) is 12.3. The molecule has 0 saturated carbocycles. The van der Waals surface area contributed by atoms with Gasteiger partial charge in [-0.3, -0.25) is 14.4 Å². The largest absolute Gasteiger partial charge is 0.469 e. The molecule has 2 N–H and O–H groups in total. The van der Waals surface area contributed by atoms with Gasteiger partial charge < -0.3 is 15.4 Å². The summed E-state index contributed by atoms with van der Waals surface area (Å²) in [5.74, 6) is -0.697. The number of methoxy groups -OCH3 is 1. The first-order valence-electron chi connectivity index (χ1n) is 16.2. The van der Waals surface area contributed by atoms with Crippen LogP contribution in [0, 0.1) is 10.4 Å². The Morgan fingerprint density at radius 1 is 0.854 bits per heavy atom. The third-order valence-corrected chi connectivity index (χ3v) is 9.27. The average Bonchev–Trinajstić information content (AvgIpc) is 3.38. The maximum atomic E-state index is 13.6. The van der Waals surface area contributed by atoms with E-state index in [2.05, 4.69) is 76.1 Å². The lowest BCUT2D eigenvalue weighted by atomic mass is 9.83. The maximum Gasteiger partial charge on any atom is 0.306 e. The molecule has 1 heterocycles. The van der Waals surface area contributed by atoms with Gasteiger partial charge in [0.25, 0.3) is 0 Å². The van der Waals surface area contributed by atoms with Gasteiger partial charge in [0.05, 0.1) is 13.5 Å². The van der Waals surface area contributed by atoms with Crippen molar-refractivity contribution in [2.24, 2.45) is 0 Å². The van der Waals surface area contributed by atoms with Crippen LogP contribution in [0.25, 0.3) is 17.7 Å². The van der Waals surface area contributed by atoms with Crippen LogP contribution in [0.2, 0.25) is 5.02 Å². The van der Waals surface area contributed by atoms with Crippen molar-refractivity contribution in [3.05, 3.63) is 151 Å². The van der Waals surface area contributed by atoms with Crippen molar-refractivity contribution in [1.29, 1.82) is 0 Å². The van der Waals surface area contributed by atoms with Crippen molar-refractivity contribution in [2.45, 2.75) is 45.1 Å². The number of anilines is 1. The molecule has 0 radical (unpaired) electrons. The number of halogens is 1. The normalized spacial score (nSPS) is 13.5. The lowest BCUT2D eigenvalue weighted by molar-refractivity contribution is -0.142. The molecule has 3 aliphatic rings. The minimum atomic E-state index is -0.429. The van der Waals surface area contributed by atoms with Crippen LogP contribution >= 0.6 is 11.6 Å². The molecule has 7 heteroatoms.